The lowest BCUT2D eigenvalue weighted by molar-refractivity contribution is -0.0601. The minimum atomic E-state index is 0.472. The van der Waals surface area contributed by atoms with Crippen LogP contribution in [0.1, 0.15) is 105 Å². The minimum Gasteiger partial charge on any atom is -0.381 e. The summed E-state index contributed by atoms with van der Waals surface area (Å²) in [4.78, 5) is 0. The normalized spacial score (nSPS) is 45.3. The van der Waals surface area contributed by atoms with Crippen molar-refractivity contribution in [1.29, 1.82) is 0 Å². The van der Waals surface area contributed by atoms with Crippen LogP contribution in [0.3, 0.4) is 0 Å². The largest absolute Gasteiger partial charge is 0.381 e. The van der Waals surface area contributed by atoms with Crippen LogP contribution in [0.4, 0.5) is 0 Å². The maximum atomic E-state index is 5.75. The van der Waals surface area contributed by atoms with E-state index in [4.69, 9.17) is 4.74 Å². The van der Waals surface area contributed by atoms with Gasteiger partial charge in [-0.3, -0.25) is 0 Å². The van der Waals surface area contributed by atoms with Gasteiger partial charge in [0.05, 0.1) is 6.10 Å². The number of rotatable bonds is 6. The van der Waals surface area contributed by atoms with Crippen molar-refractivity contribution in [1.82, 2.24) is 0 Å². The molecule has 29 heavy (non-hydrogen) atoms. The standard InChI is InChI=1S/C28H48O/c1-19(2)8-7-9-20(3)24-12-13-25-23-11-10-21-18-22(29-6)14-16-27(21,4)26(23)15-17-28(24,25)5/h10,19-20,22-26H,7-9,11-18H2,1-6H3/t20?,22-,23?,24?,25?,26?,27-,28+/m0/s1. The summed E-state index contributed by atoms with van der Waals surface area (Å²) in [5.41, 5.74) is 2.85. The molecule has 0 spiro atoms. The molecule has 0 aromatic heterocycles. The van der Waals surface area contributed by atoms with E-state index in [1.807, 2.05) is 7.11 Å². The average molecular weight is 401 g/mol. The van der Waals surface area contributed by atoms with Gasteiger partial charge in [-0.05, 0) is 97.7 Å². The summed E-state index contributed by atoms with van der Waals surface area (Å²) in [6.45, 7) is 12.7. The third-order valence-corrected chi connectivity index (χ3v) is 10.6. The Hall–Kier alpha value is -0.300. The second-order valence-electron chi connectivity index (χ2n) is 12.4. The van der Waals surface area contributed by atoms with E-state index in [9.17, 15) is 0 Å². The summed E-state index contributed by atoms with van der Waals surface area (Å²) in [6.07, 6.45) is 18.7. The molecular weight excluding hydrogens is 352 g/mol. The molecular formula is C28H48O. The Bertz CT molecular complexity index is 605. The summed E-state index contributed by atoms with van der Waals surface area (Å²) in [5, 5.41) is 0. The summed E-state index contributed by atoms with van der Waals surface area (Å²) >= 11 is 0. The number of hydrogen-bond acceptors (Lipinski definition) is 1. The lowest BCUT2D eigenvalue weighted by Crippen LogP contribution is -2.50. The first kappa shape index (κ1) is 21.9. The highest BCUT2D eigenvalue weighted by Crippen LogP contribution is 2.67. The Kier molecular flexibility index (Phi) is 6.29. The molecule has 4 aliphatic carbocycles. The summed E-state index contributed by atoms with van der Waals surface area (Å²) in [6, 6.07) is 0. The first-order valence-electron chi connectivity index (χ1n) is 13.0. The van der Waals surface area contributed by atoms with E-state index in [0.717, 1.165) is 35.5 Å². The predicted octanol–water partition coefficient (Wildman–Crippen LogP) is 8.04. The second kappa shape index (κ2) is 8.33. The van der Waals surface area contributed by atoms with Crippen molar-refractivity contribution in [3.05, 3.63) is 11.6 Å². The van der Waals surface area contributed by atoms with E-state index in [1.165, 1.54) is 70.6 Å². The third-order valence-electron chi connectivity index (χ3n) is 10.6. The van der Waals surface area contributed by atoms with Gasteiger partial charge in [0.25, 0.3) is 0 Å². The Labute approximate surface area is 181 Å². The summed E-state index contributed by atoms with van der Waals surface area (Å²) < 4.78 is 5.75. The molecule has 0 saturated heterocycles. The van der Waals surface area contributed by atoms with Gasteiger partial charge < -0.3 is 4.74 Å². The molecule has 3 saturated carbocycles. The van der Waals surface area contributed by atoms with E-state index in [-0.39, 0.29) is 0 Å². The quantitative estimate of drug-likeness (QED) is 0.410. The zero-order chi connectivity index (χ0) is 20.8. The van der Waals surface area contributed by atoms with Crippen molar-refractivity contribution in [2.75, 3.05) is 7.11 Å². The van der Waals surface area contributed by atoms with Crippen molar-refractivity contribution in [3.8, 4) is 0 Å². The van der Waals surface area contributed by atoms with E-state index in [1.54, 1.807) is 5.57 Å². The minimum absolute atomic E-state index is 0.472. The topological polar surface area (TPSA) is 9.23 Å². The van der Waals surface area contributed by atoms with Crippen LogP contribution in [0.15, 0.2) is 11.6 Å². The predicted molar refractivity (Wildman–Crippen MR) is 124 cm³/mol. The Balaban J connectivity index is 1.48. The highest BCUT2D eigenvalue weighted by molar-refractivity contribution is 5.25. The SMILES string of the molecule is CO[C@H]1CC[C@@]2(C)C(=CCC3C4CCC(C(C)CCCC(C)C)[C@@]4(C)CCC32)C1. The zero-order valence-electron chi connectivity index (χ0n) is 20.3. The van der Waals surface area contributed by atoms with Gasteiger partial charge in [0.15, 0.2) is 0 Å². The monoisotopic (exact) mass is 400 g/mol. The van der Waals surface area contributed by atoms with E-state index >= 15 is 0 Å². The van der Waals surface area contributed by atoms with Gasteiger partial charge in [-0.25, -0.2) is 0 Å². The second-order valence-corrected chi connectivity index (χ2v) is 12.4. The van der Waals surface area contributed by atoms with Crippen LogP contribution < -0.4 is 0 Å². The van der Waals surface area contributed by atoms with E-state index < -0.39 is 0 Å². The van der Waals surface area contributed by atoms with Gasteiger partial charge in [0.2, 0.25) is 0 Å². The molecule has 166 valence electrons. The maximum Gasteiger partial charge on any atom is 0.0608 e. The van der Waals surface area contributed by atoms with Crippen molar-refractivity contribution in [2.24, 2.45) is 46.3 Å². The van der Waals surface area contributed by atoms with E-state index in [0.29, 0.717) is 16.9 Å². The Morgan fingerprint density at radius 2 is 1.79 bits per heavy atom. The average Bonchev–Trinajstić information content (AvgIpc) is 3.04. The van der Waals surface area contributed by atoms with Crippen LogP contribution >= 0.6 is 0 Å². The van der Waals surface area contributed by atoms with Gasteiger partial charge >= 0.3 is 0 Å². The number of hydrogen-bond donors (Lipinski definition) is 0. The molecule has 8 atom stereocenters. The van der Waals surface area contributed by atoms with Crippen LogP contribution in [0.2, 0.25) is 0 Å². The van der Waals surface area contributed by atoms with Crippen molar-refractivity contribution in [3.63, 3.8) is 0 Å². The van der Waals surface area contributed by atoms with Crippen LogP contribution in [0.5, 0.6) is 0 Å². The number of ether oxygens (including phenoxy) is 1. The van der Waals surface area contributed by atoms with Crippen molar-refractivity contribution < 1.29 is 4.74 Å². The number of fused-ring (bicyclic) bond motifs is 5. The molecule has 0 aromatic rings. The van der Waals surface area contributed by atoms with Gasteiger partial charge in [-0.15, -0.1) is 0 Å². The van der Waals surface area contributed by atoms with Gasteiger partial charge in [-0.1, -0.05) is 65.5 Å². The lowest BCUT2D eigenvalue weighted by atomic mass is 9.47. The lowest BCUT2D eigenvalue weighted by Gasteiger charge is -2.58. The molecule has 0 amide bonds. The highest BCUT2D eigenvalue weighted by atomic mass is 16.5. The molecule has 0 heterocycles. The molecule has 0 N–H and O–H groups in total. The van der Waals surface area contributed by atoms with Gasteiger partial charge in [0, 0.05) is 7.11 Å². The molecule has 1 heteroatoms. The fourth-order valence-electron chi connectivity index (χ4n) is 8.85. The van der Waals surface area contributed by atoms with Crippen molar-refractivity contribution in [2.45, 2.75) is 111 Å². The van der Waals surface area contributed by atoms with Crippen LogP contribution in [-0.2, 0) is 4.74 Å². The number of allylic oxidation sites excluding steroid dienone is 1. The molecule has 0 aromatic carbocycles. The molecule has 4 aliphatic rings. The fourth-order valence-corrected chi connectivity index (χ4v) is 8.85. The van der Waals surface area contributed by atoms with E-state index in [2.05, 4.69) is 40.7 Å². The zero-order valence-corrected chi connectivity index (χ0v) is 20.3. The van der Waals surface area contributed by atoms with Crippen LogP contribution in [-0.4, -0.2) is 13.2 Å². The van der Waals surface area contributed by atoms with Crippen molar-refractivity contribution >= 4 is 0 Å². The Morgan fingerprint density at radius 1 is 1.00 bits per heavy atom. The molecule has 0 radical (unpaired) electrons. The van der Waals surface area contributed by atoms with Crippen LogP contribution in [0.25, 0.3) is 0 Å². The Morgan fingerprint density at radius 3 is 2.52 bits per heavy atom. The summed E-state index contributed by atoms with van der Waals surface area (Å²) in [7, 11) is 1.91. The first-order chi connectivity index (χ1) is 13.8. The molecule has 3 fully saturated rings. The third kappa shape index (κ3) is 3.77. The first-order valence-corrected chi connectivity index (χ1v) is 13.0. The highest BCUT2D eigenvalue weighted by Gasteiger charge is 2.59. The fraction of sp³-hybridized carbons (Fsp3) is 0.929. The molecule has 0 aliphatic heterocycles. The van der Waals surface area contributed by atoms with Crippen LogP contribution in [0, 0.1) is 46.3 Å². The van der Waals surface area contributed by atoms with Gasteiger partial charge in [0.1, 0.15) is 0 Å². The van der Waals surface area contributed by atoms with Gasteiger partial charge in [-0.2, -0.15) is 0 Å². The molecule has 0 bridgehead atoms. The molecule has 5 unspecified atom stereocenters. The molecule has 1 nitrogen and oxygen atoms in total. The summed E-state index contributed by atoms with van der Waals surface area (Å²) in [5.74, 6) is 5.63. The maximum absolute atomic E-state index is 5.75. The molecule has 4 rings (SSSR count). The smallest absolute Gasteiger partial charge is 0.0608 e. The number of methoxy groups -OCH3 is 1.